The van der Waals surface area contributed by atoms with Gasteiger partial charge in [-0.1, -0.05) is 35.5 Å². The van der Waals surface area contributed by atoms with E-state index in [2.05, 4.69) is 20.4 Å². The summed E-state index contributed by atoms with van der Waals surface area (Å²) in [6.45, 7) is 7.74. The second-order valence-corrected chi connectivity index (χ2v) is 7.82. The van der Waals surface area contributed by atoms with Crippen molar-refractivity contribution in [3.05, 3.63) is 57.7 Å². The van der Waals surface area contributed by atoms with Crippen LogP contribution in [0, 0.1) is 13.8 Å². The van der Waals surface area contributed by atoms with Crippen LogP contribution in [0.1, 0.15) is 26.8 Å². The van der Waals surface area contributed by atoms with Crippen LogP contribution in [0.3, 0.4) is 0 Å². The van der Waals surface area contributed by atoms with E-state index in [1.54, 1.807) is 18.3 Å². The Morgan fingerprint density at radius 1 is 1.15 bits per heavy atom. The Kier molecular flexibility index (Phi) is 5.05. The molecule has 0 N–H and O–H groups in total. The molecule has 3 aromatic rings. The highest BCUT2D eigenvalue weighted by Gasteiger charge is 2.28. The first-order valence-electron chi connectivity index (χ1n) is 9.06. The number of carbonyl (C=O) groups excluding carboxylic acids is 1. The number of nitrogens with zero attached hydrogens (tertiary/aromatic N) is 4. The third-order valence-corrected chi connectivity index (χ3v) is 5.66. The van der Waals surface area contributed by atoms with Gasteiger partial charge in [-0.3, -0.25) is 9.69 Å². The average molecular weight is 382 g/mol. The standard InChI is InChI=1S/C20H22N4O2S/c1-14-18(19(22-26-14)16-6-4-3-5-7-16)20(25)24-10-8-23(9-11-24)12-17-13-27-15(2)21-17/h3-7,13H,8-12H2,1-2H3. The number of hydrogen-bond acceptors (Lipinski definition) is 6. The maximum Gasteiger partial charge on any atom is 0.259 e. The number of aryl methyl sites for hydroxylation is 2. The van der Waals surface area contributed by atoms with E-state index in [0.29, 0.717) is 30.1 Å². The molecule has 0 aliphatic carbocycles. The van der Waals surface area contributed by atoms with E-state index in [1.807, 2.05) is 42.2 Å². The lowest BCUT2D eigenvalue weighted by molar-refractivity contribution is 0.0626. The fraction of sp³-hybridized carbons (Fsp3) is 0.350. The van der Waals surface area contributed by atoms with E-state index in [4.69, 9.17) is 4.52 Å². The van der Waals surface area contributed by atoms with Crippen molar-refractivity contribution in [2.75, 3.05) is 26.2 Å². The molecule has 6 nitrogen and oxygen atoms in total. The molecule has 0 spiro atoms. The number of rotatable bonds is 4. The van der Waals surface area contributed by atoms with Crippen LogP contribution >= 0.6 is 11.3 Å². The lowest BCUT2D eigenvalue weighted by atomic mass is 10.0. The molecular weight excluding hydrogens is 360 g/mol. The Hall–Kier alpha value is -2.51. The number of amides is 1. The van der Waals surface area contributed by atoms with Crippen LogP contribution in [0.5, 0.6) is 0 Å². The fourth-order valence-electron chi connectivity index (χ4n) is 3.39. The van der Waals surface area contributed by atoms with E-state index in [9.17, 15) is 4.79 Å². The summed E-state index contributed by atoms with van der Waals surface area (Å²) in [7, 11) is 0. The maximum absolute atomic E-state index is 13.1. The van der Waals surface area contributed by atoms with E-state index >= 15 is 0 Å². The van der Waals surface area contributed by atoms with E-state index < -0.39 is 0 Å². The van der Waals surface area contributed by atoms with Crippen molar-refractivity contribution >= 4 is 17.2 Å². The molecule has 1 saturated heterocycles. The number of benzene rings is 1. The minimum atomic E-state index is -0.00300. The fourth-order valence-corrected chi connectivity index (χ4v) is 4.00. The van der Waals surface area contributed by atoms with Gasteiger partial charge in [-0.15, -0.1) is 11.3 Å². The predicted molar refractivity (Wildman–Crippen MR) is 105 cm³/mol. The van der Waals surface area contributed by atoms with Crippen LogP contribution in [0.15, 0.2) is 40.2 Å². The minimum absolute atomic E-state index is 0.00300. The first kappa shape index (κ1) is 17.9. The monoisotopic (exact) mass is 382 g/mol. The Morgan fingerprint density at radius 3 is 2.56 bits per heavy atom. The zero-order chi connectivity index (χ0) is 18.8. The van der Waals surface area contributed by atoms with Gasteiger partial charge in [0, 0.05) is 43.7 Å². The summed E-state index contributed by atoms with van der Waals surface area (Å²) in [6.07, 6.45) is 0. The minimum Gasteiger partial charge on any atom is -0.360 e. The van der Waals surface area contributed by atoms with Crippen LogP contribution < -0.4 is 0 Å². The molecular formula is C20H22N4O2S. The predicted octanol–water partition coefficient (Wildman–Crippen LogP) is 3.37. The molecule has 1 aliphatic heterocycles. The Morgan fingerprint density at radius 2 is 1.89 bits per heavy atom. The highest BCUT2D eigenvalue weighted by molar-refractivity contribution is 7.09. The first-order valence-corrected chi connectivity index (χ1v) is 9.94. The summed E-state index contributed by atoms with van der Waals surface area (Å²) < 4.78 is 5.35. The van der Waals surface area contributed by atoms with E-state index in [0.717, 1.165) is 35.9 Å². The molecule has 1 fully saturated rings. The van der Waals surface area contributed by atoms with Crippen molar-refractivity contribution in [1.29, 1.82) is 0 Å². The SMILES string of the molecule is Cc1nc(CN2CCN(C(=O)c3c(-c4ccccc4)noc3C)CC2)cs1. The van der Waals surface area contributed by atoms with E-state index in [-0.39, 0.29) is 5.91 Å². The topological polar surface area (TPSA) is 62.5 Å². The highest BCUT2D eigenvalue weighted by atomic mass is 32.1. The molecule has 1 aromatic carbocycles. The molecule has 0 atom stereocenters. The third-order valence-electron chi connectivity index (χ3n) is 4.84. The Bertz CT molecular complexity index is 927. The molecule has 1 aliphatic rings. The lowest BCUT2D eigenvalue weighted by Crippen LogP contribution is -2.48. The average Bonchev–Trinajstić information content (AvgIpc) is 3.28. The number of piperazine rings is 1. The van der Waals surface area contributed by atoms with Gasteiger partial charge in [0.1, 0.15) is 17.0 Å². The number of aromatic nitrogens is 2. The van der Waals surface area contributed by atoms with Gasteiger partial charge < -0.3 is 9.42 Å². The van der Waals surface area contributed by atoms with Gasteiger partial charge in [0.2, 0.25) is 0 Å². The maximum atomic E-state index is 13.1. The van der Waals surface area contributed by atoms with Gasteiger partial charge in [0.05, 0.1) is 10.7 Å². The summed E-state index contributed by atoms with van der Waals surface area (Å²) in [5, 5.41) is 7.34. The second kappa shape index (κ2) is 7.62. The lowest BCUT2D eigenvalue weighted by Gasteiger charge is -2.34. The Balaban J connectivity index is 1.45. The third kappa shape index (κ3) is 3.79. The number of hydrogen-bond donors (Lipinski definition) is 0. The highest BCUT2D eigenvalue weighted by Crippen LogP contribution is 2.26. The molecule has 0 unspecified atom stereocenters. The largest absolute Gasteiger partial charge is 0.360 e. The van der Waals surface area contributed by atoms with Crippen LogP contribution in [0.4, 0.5) is 0 Å². The first-order chi connectivity index (χ1) is 13.1. The second-order valence-electron chi connectivity index (χ2n) is 6.75. The van der Waals surface area contributed by atoms with Gasteiger partial charge in [-0.2, -0.15) is 0 Å². The van der Waals surface area contributed by atoms with Gasteiger partial charge >= 0.3 is 0 Å². The van der Waals surface area contributed by atoms with Gasteiger partial charge in [-0.25, -0.2) is 4.98 Å². The zero-order valence-electron chi connectivity index (χ0n) is 15.5. The molecule has 0 saturated carbocycles. The summed E-state index contributed by atoms with van der Waals surface area (Å²) in [5.41, 5.74) is 3.21. The zero-order valence-corrected chi connectivity index (χ0v) is 16.3. The summed E-state index contributed by atoms with van der Waals surface area (Å²) >= 11 is 1.68. The number of carbonyl (C=O) groups is 1. The number of thiazole rings is 1. The molecule has 7 heteroatoms. The summed E-state index contributed by atoms with van der Waals surface area (Å²) in [5.74, 6) is 0.566. The van der Waals surface area contributed by atoms with Crippen LogP contribution in [-0.2, 0) is 6.54 Å². The smallest absolute Gasteiger partial charge is 0.259 e. The molecule has 140 valence electrons. The molecule has 2 aromatic heterocycles. The van der Waals surface area contributed by atoms with Crippen LogP contribution in [-0.4, -0.2) is 52.0 Å². The molecule has 1 amide bonds. The molecule has 0 bridgehead atoms. The molecule has 3 heterocycles. The molecule has 4 rings (SSSR count). The van der Waals surface area contributed by atoms with Crippen molar-refractivity contribution in [2.24, 2.45) is 0 Å². The van der Waals surface area contributed by atoms with Gasteiger partial charge in [-0.05, 0) is 13.8 Å². The quantitative estimate of drug-likeness (QED) is 0.692. The van der Waals surface area contributed by atoms with Crippen molar-refractivity contribution in [3.8, 4) is 11.3 Å². The van der Waals surface area contributed by atoms with Crippen molar-refractivity contribution in [2.45, 2.75) is 20.4 Å². The Labute approximate surface area is 162 Å². The van der Waals surface area contributed by atoms with Crippen molar-refractivity contribution < 1.29 is 9.32 Å². The van der Waals surface area contributed by atoms with Crippen molar-refractivity contribution in [1.82, 2.24) is 19.9 Å². The summed E-state index contributed by atoms with van der Waals surface area (Å²) in [4.78, 5) is 21.9. The van der Waals surface area contributed by atoms with Gasteiger partial charge in [0.15, 0.2) is 0 Å². The normalized spacial score (nSPS) is 15.3. The molecule has 27 heavy (non-hydrogen) atoms. The van der Waals surface area contributed by atoms with E-state index in [1.165, 1.54) is 0 Å². The van der Waals surface area contributed by atoms with Crippen molar-refractivity contribution in [3.63, 3.8) is 0 Å². The van der Waals surface area contributed by atoms with Crippen LogP contribution in [0.2, 0.25) is 0 Å². The van der Waals surface area contributed by atoms with Gasteiger partial charge in [0.25, 0.3) is 5.91 Å². The molecule has 0 radical (unpaired) electrons. The van der Waals surface area contributed by atoms with Crippen LogP contribution in [0.25, 0.3) is 11.3 Å². The summed E-state index contributed by atoms with van der Waals surface area (Å²) in [6, 6.07) is 9.71.